The number of hydrogen-bond donors (Lipinski definition) is 1. The summed E-state index contributed by atoms with van der Waals surface area (Å²) in [5.74, 6) is -0.519. The highest BCUT2D eigenvalue weighted by Crippen LogP contribution is 2.28. The standard InChI is InChI=1S/C18H26N2O6S2/c1-5-27(22,23)19-12-14-10-11-20(13-14)28(24,25)16-8-6-15(7-9-16)18(2,3)17(21)26-4/h5-9,14,19H,1,10-13H2,2-4H3/t14-/m1/s1. The van der Waals surface area contributed by atoms with Gasteiger partial charge >= 0.3 is 5.97 Å². The number of ether oxygens (including phenoxy) is 1. The molecular formula is C18H26N2O6S2. The topological polar surface area (TPSA) is 110 Å². The van der Waals surface area contributed by atoms with Crippen LogP contribution in [0.25, 0.3) is 0 Å². The molecule has 1 aromatic rings. The number of carbonyl (C=O) groups is 1. The number of carbonyl (C=O) groups excluding carboxylic acids is 1. The predicted molar refractivity (Wildman–Crippen MR) is 105 cm³/mol. The van der Waals surface area contributed by atoms with Crippen molar-refractivity contribution in [1.29, 1.82) is 0 Å². The molecule has 0 unspecified atom stereocenters. The first kappa shape index (κ1) is 22.5. The molecule has 1 N–H and O–H groups in total. The normalized spacial score (nSPS) is 18.8. The second-order valence-corrected chi connectivity index (χ2v) is 10.9. The second-order valence-electron chi connectivity index (χ2n) is 7.22. The Kier molecular flexibility index (Phi) is 6.70. The van der Waals surface area contributed by atoms with Crippen LogP contribution in [0.2, 0.25) is 0 Å². The lowest BCUT2D eigenvalue weighted by Gasteiger charge is -2.23. The van der Waals surface area contributed by atoms with Crippen LogP contribution in [0.15, 0.2) is 41.1 Å². The second kappa shape index (κ2) is 8.32. The lowest BCUT2D eigenvalue weighted by atomic mass is 9.85. The molecule has 1 fully saturated rings. The maximum Gasteiger partial charge on any atom is 0.315 e. The molecule has 0 saturated carbocycles. The predicted octanol–water partition coefficient (Wildman–Crippen LogP) is 1.21. The molecule has 0 radical (unpaired) electrons. The number of rotatable bonds is 8. The number of methoxy groups -OCH3 is 1. The van der Waals surface area contributed by atoms with Gasteiger partial charge in [-0.15, -0.1) is 0 Å². The molecule has 1 heterocycles. The van der Waals surface area contributed by atoms with Crippen LogP contribution >= 0.6 is 0 Å². The fourth-order valence-corrected chi connectivity index (χ4v) is 5.16. The smallest absolute Gasteiger partial charge is 0.315 e. The third kappa shape index (κ3) is 4.80. The average molecular weight is 431 g/mol. The monoisotopic (exact) mass is 430 g/mol. The zero-order valence-electron chi connectivity index (χ0n) is 16.2. The molecule has 1 aromatic carbocycles. The van der Waals surface area contributed by atoms with Crippen molar-refractivity contribution in [1.82, 2.24) is 9.03 Å². The molecule has 8 nitrogen and oxygen atoms in total. The number of esters is 1. The van der Waals surface area contributed by atoms with Crippen LogP contribution in [-0.4, -0.2) is 53.9 Å². The molecule has 0 amide bonds. The molecule has 156 valence electrons. The highest BCUT2D eigenvalue weighted by Gasteiger charge is 2.34. The Hall–Kier alpha value is -1.75. The van der Waals surface area contributed by atoms with Gasteiger partial charge in [-0.05, 0) is 43.9 Å². The van der Waals surface area contributed by atoms with Gasteiger partial charge in [-0.25, -0.2) is 21.6 Å². The van der Waals surface area contributed by atoms with Crippen LogP contribution in [0.5, 0.6) is 0 Å². The first-order valence-corrected chi connectivity index (χ1v) is 11.7. The number of nitrogens with zero attached hydrogens (tertiary/aromatic N) is 1. The Labute approximate surface area is 166 Å². The van der Waals surface area contributed by atoms with E-state index in [0.29, 0.717) is 18.5 Å². The highest BCUT2D eigenvalue weighted by molar-refractivity contribution is 7.92. The number of hydrogen-bond acceptors (Lipinski definition) is 6. The van der Waals surface area contributed by atoms with Crippen LogP contribution in [0.3, 0.4) is 0 Å². The Morgan fingerprint density at radius 3 is 2.43 bits per heavy atom. The fourth-order valence-electron chi connectivity index (χ4n) is 3.04. The summed E-state index contributed by atoms with van der Waals surface area (Å²) in [7, 11) is -5.92. The molecule has 28 heavy (non-hydrogen) atoms. The van der Waals surface area contributed by atoms with Gasteiger partial charge in [0, 0.05) is 25.0 Å². The maximum absolute atomic E-state index is 12.9. The minimum Gasteiger partial charge on any atom is -0.468 e. The maximum atomic E-state index is 12.9. The van der Waals surface area contributed by atoms with Crippen molar-refractivity contribution in [2.45, 2.75) is 30.6 Å². The zero-order valence-corrected chi connectivity index (χ0v) is 17.8. The van der Waals surface area contributed by atoms with Crippen molar-refractivity contribution in [2.24, 2.45) is 5.92 Å². The highest BCUT2D eigenvalue weighted by atomic mass is 32.2. The largest absolute Gasteiger partial charge is 0.468 e. The van der Waals surface area contributed by atoms with E-state index in [1.807, 2.05) is 0 Å². The lowest BCUT2D eigenvalue weighted by Crippen LogP contribution is -2.32. The van der Waals surface area contributed by atoms with Gasteiger partial charge in [0.2, 0.25) is 20.0 Å². The summed E-state index contributed by atoms with van der Waals surface area (Å²) in [6.45, 7) is 7.35. The Balaban J connectivity index is 2.11. The summed E-state index contributed by atoms with van der Waals surface area (Å²) in [5, 5.41) is 0.827. The summed E-state index contributed by atoms with van der Waals surface area (Å²) < 4.78 is 57.2. The van der Waals surface area contributed by atoms with E-state index >= 15 is 0 Å². The minimum absolute atomic E-state index is 0.109. The number of nitrogens with one attached hydrogen (secondary N) is 1. The number of benzene rings is 1. The summed E-state index contributed by atoms with van der Waals surface area (Å²) in [5.41, 5.74) is -0.241. The van der Waals surface area contributed by atoms with Gasteiger partial charge in [0.1, 0.15) is 0 Å². The van der Waals surface area contributed by atoms with Crippen LogP contribution in [-0.2, 0) is 35.0 Å². The van der Waals surface area contributed by atoms with E-state index in [4.69, 9.17) is 4.74 Å². The average Bonchev–Trinajstić information content (AvgIpc) is 3.16. The van der Waals surface area contributed by atoms with E-state index < -0.39 is 31.4 Å². The van der Waals surface area contributed by atoms with Crippen molar-refractivity contribution >= 4 is 26.0 Å². The molecule has 0 spiro atoms. The van der Waals surface area contributed by atoms with Crippen LogP contribution in [0, 0.1) is 5.92 Å². The minimum atomic E-state index is -3.70. The van der Waals surface area contributed by atoms with Crippen molar-refractivity contribution in [2.75, 3.05) is 26.7 Å². The summed E-state index contributed by atoms with van der Waals surface area (Å²) in [4.78, 5) is 12.0. The van der Waals surface area contributed by atoms with Crippen LogP contribution < -0.4 is 4.72 Å². The van der Waals surface area contributed by atoms with Crippen molar-refractivity contribution in [3.8, 4) is 0 Å². The van der Waals surface area contributed by atoms with Gasteiger partial charge in [-0.2, -0.15) is 4.31 Å². The molecule has 1 aliphatic rings. The van der Waals surface area contributed by atoms with Gasteiger partial charge < -0.3 is 4.74 Å². The van der Waals surface area contributed by atoms with E-state index in [1.54, 1.807) is 26.0 Å². The summed E-state index contributed by atoms with van der Waals surface area (Å²) >= 11 is 0. The zero-order chi connectivity index (χ0) is 21.2. The van der Waals surface area contributed by atoms with Crippen molar-refractivity contribution < 1.29 is 26.4 Å². The van der Waals surface area contributed by atoms with Gasteiger partial charge in [-0.1, -0.05) is 18.7 Å². The Bertz CT molecular complexity index is 937. The number of sulfonamides is 2. The molecule has 0 aliphatic carbocycles. The van der Waals surface area contributed by atoms with Gasteiger partial charge in [0.25, 0.3) is 0 Å². The third-order valence-corrected chi connectivity index (χ3v) is 7.84. The first-order chi connectivity index (χ1) is 12.9. The van der Waals surface area contributed by atoms with Crippen molar-refractivity contribution in [3.63, 3.8) is 0 Å². The quantitative estimate of drug-likeness (QED) is 0.621. The molecule has 0 bridgehead atoms. The molecule has 1 aliphatic heterocycles. The van der Waals surface area contributed by atoms with E-state index in [9.17, 15) is 21.6 Å². The Morgan fingerprint density at radius 1 is 1.29 bits per heavy atom. The van der Waals surface area contributed by atoms with E-state index in [2.05, 4.69) is 11.3 Å². The van der Waals surface area contributed by atoms with E-state index in [-0.39, 0.29) is 23.9 Å². The molecule has 0 aromatic heterocycles. The summed E-state index contributed by atoms with van der Waals surface area (Å²) in [6.07, 6.45) is 0.562. The third-order valence-electron chi connectivity index (χ3n) is 4.95. The SMILES string of the molecule is C=CS(=O)(=O)NC[C@H]1CCN(S(=O)(=O)c2ccc(C(C)(C)C(=O)OC)cc2)C1. The fraction of sp³-hybridized carbons (Fsp3) is 0.500. The van der Waals surface area contributed by atoms with Gasteiger partial charge in [0.15, 0.2) is 0 Å². The van der Waals surface area contributed by atoms with Crippen molar-refractivity contribution in [3.05, 3.63) is 41.8 Å². The molecule has 10 heteroatoms. The molecular weight excluding hydrogens is 404 g/mol. The molecule has 1 atom stereocenters. The Morgan fingerprint density at radius 2 is 1.89 bits per heavy atom. The lowest BCUT2D eigenvalue weighted by molar-refractivity contribution is -0.146. The van der Waals surface area contributed by atoms with E-state index in [0.717, 1.165) is 5.41 Å². The first-order valence-electron chi connectivity index (χ1n) is 8.75. The summed E-state index contributed by atoms with van der Waals surface area (Å²) in [6, 6.07) is 6.16. The van der Waals surface area contributed by atoms with Gasteiger partial charge in [-0.3, -0.25) is 4.79 Å². The van der Waals surface area contributed by atoms with Crippen LogP contribution in [0.1, 0.15) is 25.8 Å². The van der Waals surface area contributed by atoms with Crippen LogP contribution in [0.4, 0.5) is 0 Å². The molecule has 1 saturated heterocycles. The van der Waals surface area contributed by atoms with Gasteiger partial charge in [0.05, 0.1) is 17.4 Å². The van der Waals surface area contributed by atoms with E-state index in [1.165, 1.54) is 23.5 Å². The molecule has 2 rings (SSSR count).